The molecular weight excluding hydrogens is 258 g/mol. The number of nitrogens with one attached hydrogen (secondary N) is 1. The molecule has 1 aromatic carbocycles. The fourth-order valence-corrected chi connectivity index (χ4v) is 2.36. The topological polar surface area (TPSA) is 18.5 Å². The van der Waals surface area contributed by atoms with E-state index in [1.165, 1.54) is 30.5 Å². The minimum Gasteiger partial charge on any atom is -0.313 e. The number of hydrogen-bond donors (Lipinski definition) is 1. The highest BCUT2D eigenvalue weighted by molar-refractivity contribution is 5.22. The van der Waals surface area contributed by atoms with Gasteiger partial charge in [-0.25, -0.2) is 0 Å². The lowest BCUT2D eigenvalue weighted by molar-refractivity contribution is 0.234. The summed E-state index contributed by atoms with van der Waals surface area (Å²) in [5.74, 6) is 0. The zero-order valence-electron chi connectivity index (χ0n) is 14.4. The summed E-state index contributed by atoms with van der Waals surface area (Å²) in [7, 11) is 4.28. The molecular formula is C18H33N3. The maximum absolute atomic E-state index is 3.45. The molecule has 21 heavy (non-hydrogen) atoms. The first-order chi connectivity index (χ1) is 10.2. The molecule has 0 fully saturated rings. The first-order valence-corrected chi connectivity index (χ1v) is 8.31. The number of benzene rings is 1. The molecule has 0 radical (unpaired) electrons. The highest BCUT2D eigenvalue weighted by Crippen LogP contribution is 2.08. The third-order valence-corrected chi connectivity index (χ3v) is 3.59. The Hall–Kier alpha value is -0.900. The van der Waals surface area contributed by atoms with E-state index >= 15 is 0 Å². The van der Waals surface area contributed by atoms with Gasteiger partial charge in [-0.1, -0.05) is 38.1 Å². The summed E-state index contributed by atoms with van der Waals surface area (Å²) < 4.78 is 0. The molecule has 0 heterocycles. The zero-order valence-corrected chi connectivity index (χ0v) is 14.4. The summed E-state index contributed by atoms with van der Waals surface area (Å²) in [5, 5.41) is 3.45. The molecule has 0 aromatic heterocycles. The molecule has 0 saturated carbocycles. The Morgan fingerprint density at radius 2 is 1.52 bits per heavy atom. The SMILES string of the molecule is CCCNCc1ccc(CN(CCC)CCN(C)C)cc1. The van der Waals surface area contributed by atoms with Gasteiger partial charge in [-0.15, -0.1) is 0 Å². The van der Waals surface area contributed by atoms with Crippen molar-refractivity contribution in [1.82, 2.24) is 15.1 Å². The molecule has 0 spiro atoms. The fraction of sp³-hybridized carbons (Fsp3) is 0.667. The minimum atomic E-state index is 0.980. The molecule has 0 unspecified atom stereocenters. The maximum Gasteiger partial charge on any atom is 0.0234 e. The minimum absolute atomic E-state index is 0.980. The first-order valence-electron chi connectivity index (χ1n) is 8.31. The Kier molecular flexibility index (Phi) is 9.31. The van der Waals surface area contributed by atoms with Crippen molar-refractivity contribution in [1.29, 1.82) is 0 Å². The second-order valence-electron chi connectivity index (χ2n) is 6.07. The highest BCUT2D eigenvalue weighted by atomic mass is 15.2. The van der Waals surface area contributed by atoms with Crippen LogP contribution < -0.4 is 5.32 Å². The molecule has 0 atom stereocenters. The van der Waals surface area contributed by atoms with Gasteiger partial charge in [0.2, 0.25) is 0 Å². The molecule has 0 bridgehead atoms. The lowest BCUT2D eigenvalue weighted by atomic mass is 10.1. The van der Waals surface area contributed by atoms with E-state index in [0.29, 0.717) is 0 Å². The van der Waals surface area contributed by atoms with E-state index in [-0.39, 0.29) is 0 Å². The number of rotatable bonds is 11. The third-order valence-electron chi connectivity index (χ3n) is 3.59. The second kappa shape index (κ2) is 10.8. The summed E-state index contributed by atoms with van der Waals surface area (Å²) in [6, 6.07) is 9.07. The van der Waals surface area contributed by atoms with E-state index in [1.54, 1.807) is 0 Å². The Morgan fingerprint density at radius 1 is 0.857 bits per heavy atom. The molecule has 0 amide bonds. The summed E-state index contributed by atoms with van der Waals surface area (Å²) >= 11 is 0. The van der Waals surface area contributed by atoms with Crippen LogP contribution in [0.25, 0.3) is 0 Å². The van der Waals surface area contributed by atoms with Crippen molar-refractivity contribution in [2.75, 3.05) is 40.3 Å². The summed E-state index contributed by atoms with van der Waals surface area (Å²) in [6.07, 6.45) is 2.41. The molecule has 0 aliphatic carbocycles. The van der Waals surface area contributed by atoms with Crippen LogP contribution in [0.2, 0.25) is 0 Å². The molecule has 3 nitrogen and oxygen atoms in total. The molecule has 0 aliphatic rings. The fourth-order valence-electron chi connectivity index (χ4n) is 2.36. The van der Waals surface area contributed by atoms with Crippen LogP contribution in [0.4, 0.5) is 0 Å². The molecule has 1 N–H and O–H groups in total. The van der Waals surface area contributed by atoms with Crippen LogP contribution in [0.3, 0.4) is 0 Å². The Bertz CT molecular complexity index is 359. The number of hydrogen-bond acceptors (Lipinski definition) is 3. The van der Waals surface area contributed by atoms with Crippen LogP contribution in [0.5, 0.6) is 0 Å². The summed E-state index contributed by atoms with van der Waals surface area (Å²) in [4.78, 5) is 4.80. The van der Waals surface area contributed by atoms with Crippen molar-refractivity contribution in [3.8, 4) is 0 Å². The van der Waals surface area contributed by atoms with Crippen molar-refractivity contribution in [2.45, 2.75) is 39.8 Å². The molecule has 0 aliphatic heterocycles. The van der Waals surface area contributed by atoms with E-state index in [1.807, 2.05) is 0 Å². The quantitative estimate of drug-likeness (QED) is 0.632. The predicted octanol–water partition coefficient (Wildman–Crippen LogP) is 2.96. The van der Waals surface area contributed by atoms with Gasteiger partial charge >= 0.3 is 0 Å². The van der Waals surface area contributed by atoms with Crippen LogP contribution in [0, 0.1) is 0 Å². The van der Waals surface area contributed by atoms with Gasteiger partial charge < -0.3 is 10.2 Å². The van der Waals surface area contributed by atoms with E-state index in [0.717, 1.165) is 32.7 Å². The van der Waals surface area contributed by atoms with Crippen molar-refractivity contribution < 1.29 is 0 Å². The van der Waals surface area contributed by atoms with Crippen LogP contribution in [0.1, 0.15) is 37.8 Å². The van der Waals surface area contributed by atoms with Crippen molar-refractivity contribution in [3.63, 3.8) is 0 Å². The largest absolute Gasteiger partial charge is 0.313 e. The van der Waals surface area contributed by atoms with Crippen LogP contribution >= 0.6 is 0 Å². The number of nitrogens with zero attached hydrogens (tertiary/aromatic N) is 2. The number of likely N-dealkylation sites (N-methyl/N-ethyl adjacent to an activating group) is 1. The first kappa shape index (κ1) is 18.1. The second-order valence-corrected chi connectivity index (χ2v) is 6.07. The molecule has 1 rings (SSSR count). The van der Waals surface area contributed by atoms with Gasteiger partial charge in [0.05, 0.1) is 0 Å². The molecule has 3 heteroatoms. The van der Waals surface area contributed by atoms with Gasteiger partial charge in [0, 0.05) is 26.2 Å². The van der Waals surface area contributed by atoms with Crippen LogP contribution in [0.15, 0.2) is 24.3 Å². The van der Waals surface area contributed by atoms with Crippen LogP contribution in [-0.2, 0) is 13.1 Å². The molecule has 0 saturated heterocycles. The Labute approximate surface area is 131 Å². The average Bonchev–Trinajstić information content (AvgIpc) is 2.47. The third kappa shape index (κ3) is 8.20. The lowest BCUT2D eigenvalue weighted by Gasteiger charge is -2.23. The predicted molar refractivity (Wildman–Crippen MR) is 92.6 cm³/mol. The van der Waals surface area contributed by atoms with Gasteiger partial charge in [-0.3, -0.25) is 4.90 Å². The van der Waals surface area contributed by atoms with Gasteiger partial charge in [-0.05, 0) is 51.2 Å². The van der Waals surface area contributed by atoms with Crippen molar-refractivity contribution in [2.24, 2.45) is 0 Å². The zero-order chi connectivity index (χ0) is 15.5. The summed E-state index contributed by atoms with van der Waals surface area (Å²) in [5.41, 5.74) is 2.80. The van der Waals surface area contributed by atoms with Gasteiger partial charge in [0.25, 0.3) is 0 Å². The normalized spacial score (nSPS) is 11.5. The van der Waals surface area contributed by atoms with Crippen molar-refractivity contribution >= 4 is 0 Å². The Balaban J connectivity index is 2.46. The average molecular weight is 291 g/mol. The smallest absolute Gasteiger partial charge is 0.0234 e. The molecule has 120 valence electrons. The van der Waals surface area contributed by atoms with Crippen molar-refractivity contribution in [3.05, 3.63) is 35.4 Å². The van der Waals surface area contributed by atoms with Crippen LogP contribution in [-0.4, -0.2) is 50.1 Å². The lowest BCUT2D eigenvalue weighted by Crippen LogP contribution is -2.32. The van der Waals surface area contributed by atoms with Gasteiger partial charge in [-0.2, -0.15) is 0 Å². The van der Waals surface area contributed by atoms with Gasteiger partial charge in [0.15, 0.2) is 0 Å². The van der Waals surface area contributed by atoms with E-state index in [4.69, 9.17) is 0 Å². The van der Waals surface area contributed by atoms with E-state index < -0.39 is 0 Å². The maximum atomic E-state index is 3.45. The van der Waals surface area contributed by atoms with E-state index in [9.17, 15) is 0 Å². The molecule has 1 aromatic rings. The highest BCUT2D eigenvalue weighted by Gasteiger charge is 2.05. The standard InChI is InChI=1S/C18H33N3/c1-5-11-19-15-17-7-9-18(10-8-17)16-21(12-6-2)14-13-20(3)4/h7-10,19H,5-6,11-16H2,1-4H3. The Morgan fingerprint density at radius 3 is 2.10 bits per heavy atom. The monoisotopic (exact) mass is 291 g/mol. The van der Waals surface area contributed by atoms with E-state index in [2.05, 4.69) is 67.3 Å². The summed E-state index contributed by atoms with van der Waals surface area (Å²) in [6.45, 7) is 11.0. The van der Waals surface area contributed by atoms with Gasteiger partial charge in [0.1, 0.15) is 0 Å².